The van der Waals surface area contributed by atoms with Gasteiger partial charge in [0.1, 0.15) is 11.6 Å². The van der Waals surface area contributed by atoms with Crippen LogP contribution in [0.2, 0.25) is 0 Å². The SMILES string of the molecule is C=Cc1c(F)cc(F)cc1/C(N)=N/N. The summed E-state index contributed by atoms with van der Waals surface area (Å²) in [7, 11) is 0. The van der Waals surface area contributed by atoms with Crippen LogP contribution in [-0.2, 0) is 0 Å². The lowest BCUT2D eigenvalue weighted by molar-refractivity contribution is 0.581. The Balaban J connectivity index is 3.47. The summed E-state index contributed by atoms with van der Waals surface area (Å²) in [4.78, 5) is 0. The van der Waals surface area contributed by atoms with Gasteiger partial charge in [-0.05, 0) is 6.07 Å². The Kier molecular flexibility index (Phi) is 2.81. The highest BCUT2D eigenvalue weighted by molar-refractivity contribution is 6.00. The van der Waals surface area contributed by atoms with Crippen LogP contribution in [0.5, 0.6) is 0 Å². The number of halogens is 2. The molecule has 1 aromatic rings. The second-order valence-corrected chi connectivity index (χ2v) is 2.57. The first-order valence-corrected chi connectivity index (χ1v) is 3.75. The second kappa shape index (κ2) is 3.87. The fourth-order valence-electron chi connectivity index (χ4n) is 1.07. The van der Waals surface area contributed by atoms with Gasteiger partial charge in [-0.25, -0.2) is 8.78 Å². The molecule has 0 aliphatic rings. The molecule has 0 aromatic heterocycles. The third-order valence-electron chi connectivity index (χ3n) is 1.71. The number of amidine groups is 1. The molecule has 0 unspecified atom stereocenters. The summed E-state index contributed by atoms with van der Waals surface area (Å²) in [6, 6.07) is 1.79. The minimum absolute atomic E-state index is 0.0816. The Morgan fingerprint density at radius 3 is 2.57 bits per heavy atom. The fourth-order valence-corrected chi connectivity index (χ4v) is 1.07. The molecule has 0 radical (unpaired) electrons. The standard InChI is InChI=1S/C9H9F2N3/c1-2-6-7(9(12)14-13)3-5(10)4-8(6)11/h2-4H,1,13H2,(H2,12,14). The van der Waals surface area contributed by atoms with Crippen molar-refractivity contribution in [3.05, 3.63) is 41.5 Å². The molecule has 0 heterocycles. The summed E-state index contributed by atoms with van der Waals surface area (Å²) in [5, 5.41) is 3.16. The van der Waals surface area contributed by atoms with Crippen molar-refractivity contribution in [3.63, 3.8) is 0 Å². The van der Waals surface area contributed by atoms with Crippen LogP contribution in [0.3, 0.4) is 0 Å². The molecule has 4 N–H and O–H groups in total. The number of benzene rings is 1. The average molecular weight is 197 g/mol. The fraction of sp³-hybridized carbons (Fsp3) is 0. The molecule has 5 heteroatoms. The summed E-state index contributed by atoms with van der Waals surface area (Å²) < 4.78 is 26.0. The lowest BCUT2D eigenvalue weighted by Crippen LogP contribution is -2.17. The molecular weight excluding hydrogens is 188 g/mol. The van der Waals surface area contributed by atoms with Gasteiger partial charge in [0, 0.05) is 17.2 Å². The van der Waals surface area contributed by atoms with Gasteiger partial charge < -0.3 is 11.6 Å². The van der Waals surface area contributed by atoms with E-state index in [1.54, 1.807) is 0 Å². The molecule has 0 bridgehead atoms. The van der Waals surface area contributed by atoms with Gasteiger partial charge in [0.15, 0.2) is 5.84 Å². The lowest BCUT2D eigenvalue weighted by atomic mass is 10.1. The number of nitrogens with two attached hydrogens (primary N) is 2. The van der Waals surface area contributed by atoms with Crippen LogP contribution >= 0.6 is 0 Å². The third-order valence-corrected chi connectivity index (χ3v) is 1.71. The summed E-state index contributed by atoms with van der Waals surface area (Å²) in [6.07, 6.45) is 1.22. The van der Waals surface area contributed by atoms with E-state index in [0.717, 1.165) is 12.1 Å². The number of hydrazone groups is 1. The quantitative estimate of drug-likeness (QED) is 0.323. The van der Waals surface area contributed by atoms with Crippen molar-refractivity contribution >= 4 is 11.9 Å². The molecule has 1 aromatic carbocycles. The molecule has 0 spiro atoms. The van der Waals surface area contributed by atoms with Gasteiger partial charge in [0.25, 0.3) is 0 Å². The van der Waals surface area contributed by atoms with Crippen LogP contribution in [0.4, 0.5) is 8.78 Å². The molecule has 0 aliphatic carbocycles. The first-order chi connectivity index (χ1) is 6.60. The number of hydrogen-bond acceptors (Lipinski definition) is 2. The largest absolute Gasteiger partial charge is 0.382 e. The van der Waals surface area contributed by atoms with Crippen molar-refractivity contribution in [1.29, 1.82) is 0 Å². The van der Waals surface area contributed by atoms with Gasteiger partial charge in [0.05, 0.1) is 0 Å². The highest BCUT2D eigenvalue weighted by Crippen LogP contribution is 2.16. The maximum Gasteiger partial charge on any atom is 0.151 e. The first kappa shape index (κ1) is 10.2. The van der Waals surface area contributed by atoms with E-state index >= 15 is 0 Å². The van der Waals surface area contributed by atoms with E-state index in [-0.39, 0.29) is 17.0 Å². The maximum atomic E-state index is 13.1. The molecule has 74 valence electrons. The number of rotatable bonds is 2. The number of hydrogen-bond donors (Lipinski definition) is 2. The highest BCUT2D eigenvalue weighted by Gasteiger charge is 2.11. The van der Waals surface area contributed by atoms with E-state index in [1.807, 2.05) is 0 Å². The molecular formula is C9H9F2N3. The van der Waals surface area contributed by atoms with Crippen molar-refractivity contribution in [2.75, 3.05) is 0 Å². The van der Waals surface area contributed by atoms with E-state index in [9.17, 15) is 8.78 Å². The van der Waals surface area contributed by atoms with Crippen LogP contribution in [0.15, 0.2) is 23.8 Å². The number of nitrogens with zero attached hydrogens (tertiary/aromatic N) is 1. The zero-order valence-electron chi connectivity index (χ0n) is 7.30. The van der Waals surface area contributed by atoms with E-state index in [4.69, 9.17) is 11.6 Å². The van der Waals surface area contributed by atoms with Gasteiger partial charge in [-0.3, -0.25) is 0 Å². The molecule has 3 nitrogen and oxygen atoms in total. The van der Waals surface area contributed by atoms with E-state index < -0.39 is 11.6 Å². The van der Waals surface area contributed by atoms with Crippen LogP contribution in [-0.4, -0.2) is 5.84 Å². The molecule has 0 fully saturated rings. The van der Waals surface area contributed by atoms with Crippen LogP contribution in [0.1, 0.15) is 11.1 Å². The van der Waals surface area contributed by atoms with Crippen molar-refractivity contribution < 1.29 is 8.78 Å². The smallest absolute Gasteiger partial charge is 0.151 e. The summed E-state index contributed by atoms with van der Waals surface area (Å²) in [6.45, 7) is 3.38. The first-order valence-electron chi connectivity index (χ1n) is 3.75. The third kappa shape index (κ3) is 1.71. The Hall–Kier alpha value is -1.91. The Morgan fingerprint density at radius 1 is 1.43 bits per heavy atom. The predicted octanol–water partition coefficient (Wildman–Crippen LogP) is 1.19. The van der Waals surface area contributed by atoms with Crippen LogP contribution in [0.25, 0.3) is 6.08 Å². The second-order valence-electron chi connectivity index (χ2n) is 2.57. The topological polar surface area (TPSA) is 64.4 Å². The Bertz CT molecular complexity index is 399. The molecule has 0 saturated heterocycles. The van der Waals surface area contributed by atoms with Crippen LogP contribution < -0.4 is 11.6 Å². The molecule has 1 rings (SSSR count). The van der Waals surface area contributed by atoms with Gasteiger partial charge in [-0.2, -0.15) is 5.10 Å². The molecule has 0 saturated carbocycles. The van der Waals surface area contributed by atoms with Crippen molar-refractivity contribution in [1.82, 2.24) is 0 Å². The zero-order valence-corrected chi connectivity index (χ0v) is 7.30. The summed E-state index contributed by atoms with van der Waals surface area (Å²) >= 11 is 0. The van der Waals surface area contributed by atoms with E-state index in [1.165, 1.54) is 6.08 Å². The van der Waals surface area contributed by atoms with Gasteiger partial charge in [-0.15, -0.1) is 0 Å². The summed E-state index contributed by atoms with van der Waals surface area (Å²) in [5.74, 6) is 3.28. The predicted molar refractivity (Wildman–Crippen MR) is 51.4 cm³/mol. The normalized spacial score (nSPS) is 11.4. The van der Waals surface area contributed by atoms with Crippen molar-refractivity contribution in [3.8, 4) is 0 Å². The molecule has 14 heavy (non-hydrogen) atoms. The van der Waals surface area contributed by atoms with Gasteiger partial charge in [-0.1, -0.05) is 12.7 Å². The summed E-state index contributed by atoms with van der Waals surface area (Å²) in [5.41, 5.74) is 5.53. The lowest BCUT2D eigenvalue weighted by Gasteiger charge is -2.05. The zero-order chi connectivity index (χ0) is 10.7. The molecule has 0 aliphatic heterocycles. The molecule has 0 amide bonds. The molecule has 0 atom stereocenters. The van der Waals surface area contributed by atoms with Crippen molar-refractivity contribution in [2.24, 2.45) is 16.7 Å². The van der Waals surface area contributed by atoms with Gasteiger partial charge >= 0.3 is 0 Å². The van der Waals surface area contributed by atoms with Crippen molar-refractivity contribution in [2.45, 2.75) is 0 Å². The van der Waals surface area contributed by atoms with E-state index in [0.29, 0.717) is 0 Å². The highest BCUT2D eigenvalue weighted by atomic mass is 19.1. The minimum atomic E-state index is -0.749. The minimum Gasteiger partial charge on any atom is -0.382 e. The van der Waals surface area contributed by atoms with E-state index in [2.05, 4.69) is 11.7 Å². The maximum absolute atomic E-state index is 13.1. The Labute approximate surface area is 79.7 Å². The van der Waals surface area contributed by atoms with Crippen LogP contribution in [0, 0.1) is 11.6 Å². The average Bonchev–Trinajstić information content (AvgIpc) is 2.15. The Morgan fingerprint density at radius 2 is 2.07 bits per heavy atom. The van der Waals surface area contributed by atoms with Gasteiger partial charge in [0.2, 0.25) is 0 Å². The monoisotopic (exact) mass is 197 g/mol.